The summed E-state index contributed by atoms with van der Waals surface area (Å²) in [5.74, 6) is 0.322. The molecule has 0 saturated heterocycles. The summed E-state index contributed by atoms with van der Waals surface area (Å²) in [6.45, 7) is 0.125. The minimum Gasteiger partial charge on any atom is -0.478 e. The van der Waals surface area contributed by atoms with Crippen LogP contribution in [0, 0.1) is 0 Å². The molecule has 2 N–H and O–H groups in total. The zero-order chi connectivity index (χ0) is 15.6. The van der Waals surface area contributed by atoms with E-state index in [4.69, 9.17) is 4.74 Å². The molecule has 1 atom stereocenters. The van der Waals surface area contributed by atoms with Crippen molar-refractivity contribution in [2.75, 3.05) is 11.9 Å². The van der Waals surface area contributed by atoms with E-state index in [1.165, 1.54) is 6.07 Å². The predicted molar refractivity (Wildman–Crippen MR) is 83.6 cm³/mol. The summed E-state index contributed by atoms with van der Waals surface area (Å²) >= 11 is 1.15. The summed E-state index contributed by atoms with van der Waals surface area (Å²) in [7, 11) is -3.51. The Balaban J connectivity index is 1.60. The van der Waals surface area contributed by atoms with Crippen LogP contribution in [0.5, 0.6) is 5.75 Å². The number of amides is 1. The van der Waals surface area contributed by atoms with E-state index >= 15 is 0 Å². The van der Waals surface area contributed by atoms with Gasteiger partial charge in [-0.2, -0.15) is 0 Å². The number of sulfonamides is 1. The van der Waals surface area contributed by atoms with Crippen molar-refractivity contribution in [2.45, 2.75) is 16.7 Å². The molecule has 2 aromatic rings. The van der Waals surface area contributed by atoms with Crippen LogP contribution < -0.4 is 14.8 Å². The molecule has 0 bridgehead atoms. The van der Waals surface area contributed by atoms with Gasteiger partial charge in [-0.05, 0) is 23.6 Å². The molecular formula is C14H14N2O4S2. The van der Waals surface area contributed by atoms with Crippen LogP contribution in [-0.4, -0.2) is 27.0 Å². The lowest BCUT2D eigenvalue weighted by molar-refractivity contribution is -0.123. The van der Waals surface area contributed by atoms with Crippen LogP contribution in [0.3, 0.4) is 0 Å². The van der Waals surface area contributed by atoms with E-state index in [2.05, 4.69) is 10.0 Å². The van der Waals surface area contributed by atoms with Crippen molar-refractivity contribution < 1.29 is 17.9 Å². The first-order valence-corrected chi connectivity index (χ1v) is 9.02. The summed E-state index contributed by atoms with van der Waals surface area (Å²) in [5.41, 5.74) is 0.628. The third kappa shape index (κ3) is 3.13. The maximum atomic E-state index is 12.0. The van der Waals surface area contributed by atoms with Crippen molar-refractivity contribution in [1.29, 1.82) is 0 Å². The molecule has 0 spiro atoms. The molecule has 6 nitrogen and oxygen atoms in total. The zero-order valence-corrected chi connectivity index (χ0v) is 13.1. The third-order valence-electron chi connectivity index (χ3n) is 3.17. The van der Waals surface area contributed by atoms with Gasteiger partial charge in [0, 0.05) is 13.0 Å². The Hall–Kier alpha value is -1.90. The van der Waals surface area contributed by atoms with Gasteiger partial charge in [-0.1, -0.05) is 18.2 Å². The number of benzene rings is 1. The van der Waals surface area contributed by atoms with Crippen LogP contribution in [0.2, 0.25) is 0 Å². The largest absolute Gasteiger partial charge is 0.478 e. The number of ether oxygens (including phenoxy) is 1. The van der Waals surface area contributed by atoms with Gasteiger partial charge < -0.3 is 10.1 Å². The van der Waals surface area contributed by atoms with Crippen LogP contribution in [0.4, 0.5) is 5.69 Å². The van der Waals surface area contributed by atoms with E-state index < -0.39 is 16.1 Å². The zero-order valence-electron chi connectivity index (χ0n) is 11.5. The van der Waals surface area contributed by atoms with Gasteiger partial charge in [0.1, 0.15) is 9.96 Å². The quantitative estimate of drug-likeness (QED) is 0.871. The molecule has 1 unspecified atom stereocenters. The maximum absolute atomic E-state index is 12.0. The highest BCUT2D eigenvalue weighted by Gasteiger charge is 2.27. The minimum atomic E-state index is -3.51. The van der Waals surface area contributed by atoms with Gasteiger partial charge in [-0.15, -0.1) is 11.3 Å². The maximum Gasteiger partial charge on any atom is 0.265 e. The molecule has 1 aliphatic heterocycles. The molecule has 0 aliphatic carbocycles. The lowest BCUT2D eigenvalue weighted by atomic mass is 10.2. The number of hydrogen-bond acceptors (Lipinski definition) is 5. The van der Waals surface area contributed by atoms with Gasteiger partial charge in [0.2, 0.25) is 10.0 Å². The van der Waals surface area contributed by atoms with E-state index in [1.807, 2.05) is 6.07 Å². The Kier molecular flexibility index (Phi) is 4.14. The van der Waals surface area contributed by atoms with Gasteiger partial charge in [0.05, 0.1) is 5.69 Å². The van der Waals surface area contributed by atoms with E-state index in [0.717, 1.165) is 11.3 Å². The summed E-state index contributed by atoms with van der Waals surface area (Å²) in [5, 5.41) is 4.44. The second-order valence-corrected chi connectivity index (χ2v) is 7.65. The number of thiophene rings is 1. The Morgan fingerprint density at radius 1 is 1.23 bits per heavy atom. The number of nitrogens with one attached hydrogen (secondary N) is 2. The molecule has 116 valence electrons. The second kappa shape index (κ2) is 6.07. The smallest absolute Gasteiger partial charge is 0.265 e. The average molecular weight is 338 g/mol. The van der Waals surface area contributed by atoms with Crippen LogP contribution >= 0.6 is 11.3 Å². The van der Waals surface area contributed by atoms with Gasteiger partial charge in [0.15, 0.2) is 6.10 Å². The van der Waals surface area contributed by atoms with Gasteiger partial charge >= 0.3 is 0 Å². The Morgan fingerprint density at radius 2 is 2.05 bits per heavy atom. The van der Waals surface area contributed by atoms with Crippen molar-refractivity contribution in [2.24, 2.45) is 0 Å². The number of rotatable bonds is 5. The van der Waals surface area contributed by atoms with Crippen molar-refractivity contribution in [3.05, 3.63) is 41.8 Å². The topological polar surface area (TPSA) is 84.5 Å². The lowest BCUT2D eigenvalue weighted by Gasteiger charge is -2.25. The van der Waals surface area contributed by atoms with Crippen LogP contribution in [0.15, 0.2) is 46.0 Å². The first-order chi connectivity index (χ1) is 10.6. The molecule has 0 fully saturated rings. The van der Waals surface area contributed by atoms with Crippen molar-refractivity contribution >= 4 is 33.0 Å². The van der Waals surface area contributed by atoms with Crippen molar-refractivity contribution in [3.8, 4) is 5.75 Å². The standard InChI is InChI=1S/C14H14N2O4S2/c17-14-12(20-11-5-2-1-4-10(11)16-14)7-8-15-22(18,19)13-6-3-9-21-13/h1-6,9,12,15H,7-8H2,(H,16,17). The molecule has 1 aromatic carbocycles. The molecule has 1 amide bonds. The third-order valence-corrected chi connectivity index (χ3v) is 6.02. The predicted octanol–water partition coefficient (Wildman–Crippen LogP) is 1.82. The van der Waals surface area contributed by atoms with E-state index in [9.17, 15) is 13.2 Å². The number of hydrogen-bond donors (Lipinski definition) is 2. The molecule has 0 radical (unpaired) electrons. The lowest BCUT2D eigenvalue weighted by Crippen LogP contribution is -2.39. The van der Waals surface area contributed by atoms with E-state index in [1.54, 1.807) is 29.6 Å². The monoisotopic (exact) mass is 338 g/mol. The number of fused-ring (bicyclic) bond motifs is 1. The molecule has 22 heavy (non-hydrogen) atoms. The summed E-state index contributed by atoms with van der Waals surface area (Å²) < 4.78 is 32.3. The SMILES string of the molecule is O=C1Nc2ccccc2OC1CCNS(=O)(=O)c1cccs1. The molecule has 1 aromatic heterocycles. The highest BCUT2D eigenvalue weighted by atomic mass is 32.2. The number of carbonyl (C=O) groups is 1. The van der Waals surface area contributed by atoms with Crippen LogP contribution in [-0.2, 0) is 14.8 Å². The van der Waals surface area contributed by atoms with E-state index in [-0.39, 0.29) is 23.1 Å². The van der Waals surface area contributed by atoms with E-state index in [0.29, 0.717) is 11.4 Å². The fourth-order valence-corrected chi connectivity index (χ4v) is 4.18. The van der Waals surface area contributed by atoms with Crippen molar-refractivity contribution in [3.63, 3.8) is 0 Å². The molecule has 1 aliphatic rings. The average Bonchev–Trinajstić information content (AvgIpc) is 3.03. The van der Waals surface area contributed by atoms with Gasteiger partial charge in [-0.25, -0.2) is 13.1 Å². The number of para-hydroxylation sites is 2. The summed E-state index contributed by atoms with van der Waals surface area (Å²) in [6.07, 6.45) is -0.453. The first kappa shape index (κ1) is 15.0. The van der Waals surface area contributed by atoms with Crippen LogP contribution in [0.25, 0.3) is 0 Å². The van der Waals surface area contributed by atoms with Gasteiger partial charge in [-0.3, -0.25) is 4.79 Å². The fourth-order valence-electron chi connectivity index (χ4n) is 2.09. The highest BCUT2D eigenvalue weighted by Crippen LogP contribution is 2.29. The number of carbonyl (C=O) groups excluding carboxylic acids is 1. The summed E-state index contributed by atoms with van der Waals surface area (Å²) in [4.78, 5) is 11.9. The van der Waals surface area contributed by atoms with Crippen LogP contribution in [0.1, 0.15) is 6.42 Å². The Morgan fingerprint density at radius 3 is 2.82 bits per heavy atom. The van der Waals surface area contributed by atoms with Gasteiger partial charge in [0.25, 0.3) is 5.91 Å². The normalized spacial score (nSPS) is 17.5. The first-order valence-electron chi connectivity index (χ1n) is 6.66. The molecule has 8 heteroatoms. The fraction of sp³-hybridized carbons (Fsp3) is 0.214. The Bertz CT molecular complexity index is 772. The minimum absolute atomic E-state index is 0.125. The highest BCUT2D eigenvalue weighted by molar-refractivity contribution is 7.91. The second-order valence-electron chi connectivity index (χ2n) is 4.71. The summed E-state index contributed by atoms with van der Waals surface area (Å²) in [6, 6.07) is 10.3. The molecule has 3 rings (SSSR count). The Labute approximate surface area is 132 Å². The number of anilines is 1. The molecule has 0 saturated carbocycles. The van der Waals surface area contributed by atoms with Crippen molar-refractivity contribution in [1.82, 2.24) is 4.72 Å². The molecule has 2 heterocycles. The molecular weight excluding hydrogens is 324 g/mol.